The van der Waals surface area contributed by atoms with Gasteiger partial charge in [0.25, 0.3) is 0 Å². The van der Waals surface area contributed by atoms with Crippen molar-refractivity contribution < 1.29 is 14.7 Å². The maximum Gasteiger partial charge on any atom is 0.327 e. The smallest absolute Gasteiger partial charge is 0.327 e. The van der Waals surface area contributed by atoms with Crippen LogP contribution in [0.3, 0.4) is 0 Å². The van der Waals surface area contributed by atoms with Crippen molar-refractivity contribution in [3.63, 3.8) is 0 Å². The second-order valence-electron chi connectivity index (χ2n) is 2.98. The molecule has 4 nitrogen and oxygen atoms in total. The molecule has 1 heterocycles. The highest BCUT2D eigenvalue weighted by Crippen LogP contribution is 2.31. The van der Waals surface area contributed by atoms with E-state index >= 15 is 0 Å². The standard InChI is InChI=1S/C8H13NO3S/c1-3-7-9(5(2)10)6(4-13-7)8(11)12/h6-7H,3-4H2,1-2H3,(H,11,12). The molecule has 74 valence electrons. The molecule has 2 atom stereocenters. The second kappa shape index (κ2) is 4.00. The summed E-state index contributed by atoms with van der Waals surface area (Å²) >= 11 is 1.54. The van der Waals surface area contributed by atoms with Crippen molar-refractivity contribution >= 4 is 23.6 Å². The lowest BCUT2D eigenvalue weighted by atomic mass is 10.2. The van der Waals surface area contributed by atoms with Gasteiger partial charge in [-0.15, -0.1) is 11.8 Å². The zero-order chi connectivity index (χ0) is 10.0. The molecule has 0 aromatic rings. The van der Waals surface area contributed by atoms with E-state index in [-0.39, 0.29) is 11.3 Å². The summed E-state index contributed by atoms with van der Waals surface area (Å²) in [6.45, 7) is 3.38. The van der Waals surface area contributed by atoms with E-state index < -0.39 is 12.0 Å². The Morgan fingerprint density at radius 2 is 2.23 bits per heavy atom. The van der Waals surface area contributed by atoms with Crippen LogP contribution in [0.15, 0.2) is 0 Å². The molecular weight excluding hydrogens is 190 g/mol. The van der Waals surface area contributed by atoms with Crippen LogP contribution in [0.5, 0.6) is 0 Å². The molecule has 1 aliphatic heterocycles. The molecule has 1 N–H and O–H groups in total. The zero-order valence-corrected chi connectivity index (χ0v) is 8.50. The van der Waals surface area contributed by atoms with Gasteiger partial charge in [0, 0.05) is 12.7 Å². The van der Waals surface area contributed by atoms with Gasteiger partial charge in [0.15, 0.2) is 0 Å². The van der Waals surface area contributed by atoms with Crippen molar-refractivity contribution in [1.29, 1.82) is 0 Å². The first kappa shape index (κ1) is 10.4. The van der Waals surface area contributed by atoms with Crippen molar-refractivity contribution in [3.05, 3.63) is 0 Å². The summed E-state index contributed by atoms with van der Waals surface area (Å²) in [5.41, 5.74) is 0. The fraction of sp³-hybridized carbons (Fsp3) is 0.750. The van der Waals surface area contributed by atoms with E-state index in [0.717, 1.165) is 6.42 Å². The van der Waals surface area contributed by atoms with Gasteiger partial charge in [-0.25, -0.2) is 4.79 Å². The molecule has 1 saturated heterocycles. The Bertz CT molecular complexity index is 231. The van der Waals surface area contributed by atoms with Gasteiger partial charge >= 0.3 is 5.97 Å². The molecular formula is C8H13NO3S. The van der Waals surface area contributed by atoms with Crippen LogP contribution in [-0.2, 0) is 9.59 Å². The molecule has 0 aromatic heterocycles. The predicted molar refractivity (Wildman–Crippen MR) is 50.5 cm³/mol. The van der Waals surface area contributed by atoms with Crippen LogP contribution in [0.4, 0.5) is 0 Å². The van der Waals surface area contributed by atoms with Crippen LogP contribution in [-0.4, -0.2) is 39.1 Å². The molecule has 0 aromatic carbocycles. The number of nitrogens with zero attached hydrogens (tertiary/aromatic N) is 1. The number of carboxylic acids is 1. The number of rotatable bonds is 2. The number of carboxylic acid groups (broad SMARTS) is 1. The topological polar surface area (TPSA) is 57.6 Å². The summed E-state index contributed by atoms with van der Waals surface area (Å²) in [5, 5.41) is 8.88. The molecule has 13 heavy (non-hydrogen) atoms. The van der Waals surface area contributed by atoms with Crippen molar-refractivity contribution in [2.75, 3.05) is 5.75 Å². The maximum atomic E-state index is 11.2. The van der Waals surface area contributed by atoms with Gasteiger partial charge in [0.05, 0.1) is 5.37 Å². The van der Waals surface area contributed by atoms with E-state index in [4.69, 9.17) is 5.11 Å². The molecule has 0 radical (unpaired) electrons. The highest BCUT2D eigenvalue weighted by molar-refractivity contribution is 8.00. The Balaban J connectivity index is 2.78. The number of hydrogen-bond acceptors (Lipinski definition) is 3. The number of amides is 1. The number of aliphatic carboxylic acids is 1. The average molecular weight is 203 g/mol. The molecule has 1 amide bonds. The van der Waals surface area contributed by atoms with E-state index in [1.54, 1.807) is 0 Å². The van der Waals surface area contributed by atoms with Crippen LogP contribution in [0.25, 0.3) is 0 Å². The average Bonchev–Trinajstić information content (AvgIpc) is 2.46. The fourth-order valence-corrected chi connectivity index (χ4v) is 2.89. The van der Waals surface area contributed by atoms with Crippen LogP contribution >= 0.6 is 11.8 Å². The maximum absolute atomic E-state index is 11.2. The summed E-state index contributed by atoms with van der Waals surface area (Å²) in [4.78, 5) is 23.4. The molecule has 0 bridgehead atoms. The molecule has 0 aliphatic carbocycles. The van der Waals surface area contributed by atoms with Gasteiger partial charge < -0.3 is 10.0 Å². The number of thioether (sulfide) groups is 1. The lowest BCUT2D eigenvalue weighted by Crippen LogP contribution is -2.44. The van der Waals surface area contributed by atoms with Crippen molar-refractivity contribution in [2.45, 2.75) is 31.7 Å². The molecule has 5 heteroatoms. The first-order valence-electron chi connectivity index (χ1n) is 4.21. The van der Waals surface area contributed by atoms with Crippen LogP contribution in [0, 0.1) is 0 Å². The first-order chi connectivity index (χ1) is 6.07. The van der Waals surface area contributed by atoms with E-state index in [1.807, 2.05) is 6.92 Å². The van der Waals surface area contributed by atoms with Gasteiger partial charge in [-0.1, -0.05) is 6.92 Å². The molecule has 1 aliphatic rings. The van der Waals surface area contributed by atoms with Gasteiger partial charge in [-0.05, 0) is 6.42 Å². The summed E-state index contributed by atoms with van der Waals surface area (Å²) in [6.07, 6.45) is 0.800. The Labute approximate surface area is 81.3 Å². The van der Waals surface area contributed by atoms with Crippen molar-refractivity contribution in [3.8, 4) is 0 Å². The number of hydrogen-bond donors (Lipinski definition) is 1. The molecule has 0 saturated carbocycles. The van der Waals surface area contributed by atoms with Gasteiger partial charge in [-0.2, -0.15) is 0 Å². The lowest BCUT2D eigenvalue weighted by Gasteiger charge is -2.24. The highest BCUT2D eigenvalue weighted by Gasteiger charge is 2.38. The number of carbonyl (C=O) groups is 2. The predicted octanol–water partition coefficient (Wildman–Crippen LogP) is 0.771. The molecule has 0 spiro atoms. The third-order valence-corrected chi connectivity index (χ3v) is 3.54. The largest absolute Gasteiger partial charge is 0.480 e. The lowest BCUT2D eigenvalue weighted by molar-refractivity contribution is -0.148. The third-order valence-electron chi connectivity index (χ3n) is 2.09. The summed E-state index contributed by atoms with van der Waals surface area (Å²) in [5.74, 6) is -0.546. The summed E-state index contributed by atoms with van der Waals surface area (Å²) in [6, 6.07) is -0.632. The third kappa shape index (κ3) is 1.96. The molecule has 1 rings (SSSR count). The zero-order valence-electron chi connectivity index (χ0n) is 7.69. The van der Waals surface area contributed by atoms with E-state index in [0.29, 0.717) is 5.75 Å². The van der Waals surface area contributed by atoms with E-state index in [2.05, 4.69) is 0 Å². The summed E-state index contributed by atoms with van der Waals surface area (Å²) in [7, 11) is 0. The minimum Gasteiger partial charge on any atom is -0.480 e. The highest BCUT2D eigenvalue weighted by atomic mass is 32.2. The van der Waals surface area contributed by atoms with E-state index in [1.165, 1.54) is 23.6 Å². The minimum atomic E-state index is -0.904. The van der Waals surface area contributed by atoms with Gasteiger partial charge in [-0.3, -0.25) is 4.79 Å². The monoisotopic (exact) mass is 203 g/mol. The Morgan fingerprint density at radius 1 is 1.62 bits per heavy atom. The number of carbonyl (C=O) groups excluding carboxylic acids is 1. The van der Waals surface area contributed by atoms with Gasteiger partial charge in [0.1, 0.15) is 6.04 Å². The van der Waals surface area contributed by atoms with Crippen LogP contribution < -0.4 is 0 Å². The quantitative estimate of drug-likeness (QED) is 0.720. The van der Waals surface area contributed by atoms with Gasteiger partial charge in [0.2, 0.25) is 5.91 Å². The Hall–Kier alpha value is -0.710. The van der Waals surface area contributed by atoms with Crippen molar-refractivity contribution in [1.82, 2.24) is 4.90 Å². The Morgan fingerprint density at radius 3 is 2.62 bits per heavy atom. The van der Waals surface area contributed by atoms with Crippen LogP contribution in [0.2, 0.25) is 0 Å². The Kier molecular flexibility index (Phi) is 3.19. The van der Waals surface area contributed by atoms with Crippen molar-refractivity contribution in [2.24, 2.45) is 0 Å². The van der Waals surface area contributed by atoms with E-state index in [9.17, 15) is 9.59 Å². The second-order valence-corrected chi connectivity index (χ2v) is 4.19. The minimum absolute atomic E-state index is 0.0404. The molecule has 1 fully saturated rings. The fourth-order valence-electron chi connectivity index (χ4n) is 1.49. The normalized spacial score (nSPS) is 27.7. The van der Waals surface area contributed by atoms with Crippen LogP contribution in [0.1, 0.15) is 20.3 Å². The first-order valence-corrected chi connectivity index (χ1v) is 5.26. The summed E-state index contributed by atoms with van der Waals surface area (Å²) < 4.78 is 0. The SMILES string of the molecule is CCC1SCC(C(=O)O)N1C(C)=O. The molecule has 2 unspecified atom stereocenters.